The third-order valence-electron chi connectivity index (χ3n) is 5.82. The van der Waals surface area contributed by atoms with Crippen molar-refractivity contribution >= 4 is 49.2 Å². The standard InChI is InChI=1S/C26H22N4O5S/c1-34-19-9-16(10-20(13-19)35-2)14-29-15-17(21-5-3-4-6-23(21)29)11-25(31)28-26-27-22-8-7-18(30(32)33)12-24(22)36-26/h3-10,12-13,15H,11,14H2,1-2H3,(H,27,28,31). The molecule has 0 spiro atoms. The van der Waals surface area contributed by atoms with Crippen LogP contribution in [0, 0.1) is 10.1 Å². The number of amides is 1. The van der Waals surface area contributed by atoms with Crippen LogP contribution in [0.3, 0.4) is 0 Å². The molecular formula is C26H22N4O5S. The lowest BCUT2D eigenvalue weighted by Crippen LogP contribution is -2.14. The second-order valence-electron chi connectivity index (χ2n) is 8.17. The Morgan fingerprint density at radius 2 is 1.83 bits per heavy atom. The average Bonchev–Trinajstić information content (AvgIpc) is 3.43. The van der Waals surface area contributed by atoms with Crippen molar-refractivity contribution in [2.24, 2.45) is 0 Å². The highest BCUT2D eigenvalue weighted by Gasteiger charge is 2.16. The highest BCUT2D eigenvalue weighted by atomic mass is 32.1. The van der Waals surface area contributed by atoms with Gasteiger partial charge in [-0.3, -0.25) is 14.9 Å². The highest BCUT2D eigenvalue weighted by molar-refractivity contribution is 7.22. The Bertz CT molecular complexity index is 1580. The maximum Gasteiger partial charge on any atom is 0.270 e. The molecule has 0 bridgehead atoms. The molecule has 10 heteroatoms. The summed E-state index contributed by atoms with van der Waals surface area (Å²) in [6.45, 7) is 0.576. The predicted octanol–water partition coefficient (Wildman–Crippen LogP) is 5.41. The van der Waals surface area contributed by atoms with Crippen LogP contribution >= 0.6 is 11.3 Å². The van der Waals surface area contributed by atoms with Crippen LogP contribution in [0.5, 0.6) is 11.5 Å². The van der Waals surface area contributed by atoms with E-state index in [9.17, 15) is 14.9 Å². The summed E-state index contributed by atoms with van der Waals surface area (Å²) < 4.78 is 13.5. The number of carbonyl (C=O) groups excluding carboxylic acids is 1. The fraction of sp³-hybridized carbons (Fsp3) is 0.154. The van der Waals surface area contributed by atoms with Crippen LogP contribution in [0.4, 0.5) is 10.8 Å². The largest absolute Gasteiger partial charge is 0.497 e. The smallest absolute Gasteiger partial charge is 0.270 e. The van der Waals surface area contributed by atoms with Crippen LogP contribution in [0.2, 0.25) is 0 Å². The number of carbonyl (C=O) groups is 1. The van der Waals surface area contributed by atoms with Gasteiger partial charge in [0, 0.05) is 41.8 Å². The first-order valence-corrected chi connectivity index (χ1v) is 11.9. The molecule has 0 aliphatic heterocycles. The van der Waals surface area contributed by atoms with E-state index in [0.29, 0.717) is 33.4 Å². The summed E-state index contributed by atoms with van der Waals surface area (Å²) in [5.41, 5.74) is 3.49. The molecular weight excluding hydrogens is 480 g/mol. The van der Waals surface area contributed by atoms with E-state index in [1.54, 1.807) is 20.3 Å². The second-order valence-corrected chi connectivity index (χ2v) is 9.20. The molecule has 0 saturated heterocycles. The number of aromatic nitrogens is 2. The summed E-state index contributed by atoms with van der Waals surface area (Å²) in [5, 5.41) is 15.3. The molecule has 0 aliphatic carbocycles. The molecule has 0 aliphatic rings. The van der Waals surface area contributed by atoms with Gasteiger partial charge < -0.3 is 19.4 Å². The summed E-state index contributed by atoms with van der Waals surface area (Å²) in [6, 6.07) is 18.1. The van der Waals surface area contributed by atoms with Gasteiger partial charge in [-0.25, -0.2) is 4.98 Å². The highest BCUT2D eigenvalue weighted by Crippen LogP contribution is 2.30. The van der Waals surface area contributed by atoms with Crippen LogP contribution in [0.15, 0.2) is 66.9 Å². The first kappa shape index (κ1) is 23.3. The molecule has 1 N–H and O–H groups in total. The number of benzene rings is 3. The molecule has 0 fully saturated rings. The summed E-state index contributed by atoms with van der Waals surface area (Å²) in [4.78, 5) is 27.9. The van der Waals surface area contributed by atoms with Gasteiger partial charge in [-0.05, 0) is 35.4 Å². The van der Waals surface area contributed by atoms with Gasteiger partial charge in [0.2, 0.25) is 5.91 Å². The minimum absolute atomic E-state index is 0.00880. The number of non-ortho nitro benzene ring substituents is 1. The molecule has 36 heavy (non-hydrogen) atoms. The fourth-order valence-corrected chi connectivity index (χ4v) is 5.08. The molecule has 0 radical (unpaired) electrons. The average molecular weight is 503 g/mol. The summed E-state index contributed by atoms with van der Waals surface area (Å²) in [7, 11) is 3.24. The maximum atomic E-state index is 12.9. The van der Waals surface area contributed by atoms with Gasteiger partial charge in [0.1, 0.15) is 11.5 Å². The van der Waals surface area contributed by atoms with E-state index in [1.807, 2.05) is 48.7 Å². The Morgan fingerprint density at radius 3 is 2.56 bits per heavy atom. The Kier molecular flexibility index (Phi) is 6.26. The molecule has 0 atom stereocenters. The number of hydrogen-bond acceptors (Lipinski definition) is 7. The molecule has 5 rings (SSSR count). The van der Waals surface area contributed by atoms with Crippen molar-refractivity contribution in [2.75, 3.05) is 19.5 Å². The molecule has 9 nitrogen and oxygen atoms in total. The monoisotopic (exact) mass is 502 g/mol. The number of fused-ring (bicyclic) bond motifs is 2. The molecule has 0 unspecified atom stereocenters. The van der Waals surface area contributed by atoms with Crippen LogP contribution in [-0.4, -0.2) is 34.6 Å². The van der Waals surface area contributed by atoms with Crippen molar-refractivity contribution in [1.29, 1.82) is 0 Å². The van der Waals surface area contributed by atoms with Gasteiger partial charge in [0.15, 0.2) is 5.13 Å². The lowest BCUT2D eigenvalue weighted by molar-refractivity contribution is -0.384. The summed E-state index contributed by atoms with van der Waals surface area (Å²) in [6.07, 6.45) is 2.14. The molecule has 1 amide bonds. The van der Waals surface area contributed by atoms with E-state index < -0.39 is 4.92 Å². The van der Waals surface area contributed by atoms with Gasteiger partial charge >= 0.3 is 0 Å². The van der Waals surface area contributed by atoms with E-state index in [4.69, 9.17) is 9.47 Å². The number of rotatable bonds is 8. The van der Waals surface area contributed by atoms with Crippen molar-refractivity contribution < 1.29 is 19.2 Å². The number of nitro groups is 1. The minimum atomic E-state index is -0.450. The number of methoxy groups -OCH3 is 2. The van der Waals surface area contributed by atoms with Crippen molar-refractivity contribution in [3.05, 3.63) is 88.1 Å². The van der Waals surface area contributed by atoms with Crippen LogP contribution in [0.25, 0.3) is 21.1 Å². The SMILES string of the molecule is COc1cc(Cn2cc(CC(=O)Nc3nc4ccc([N+](=O)[O-])cc4s3)c3ccccc32)cc(OC)c1. The van der Waals surface area contributed by atoms with E-state index >= 15 is 0 Å². The van der Waals surface area contributed by atoms with Crippen LogP contribution in [0.1, 0.15) is 11.1 Å². The van der Waals surface area contributed by atoms with Crippen LogP contribution < -0.4 is 14.8 Å². The van der Waals surface area contributed by atoms with Gasteiger partial charge in [-0.1, -0.05) is 29.5 Å². The van der Waals surface area contributed by atoms with Gasteiger partial charge in [-0.2, -0.15) is 0 Å². The number of thiazole rings is 1. The zero-order valence-electron chi connectivity index (χ0n) is 19.6. The van der Waals surface area contributed by atoms with E-state index in [0.717, 1.165) is 22.0 Å². The second kappa shape index (κ2) is 9.67. The zero-order chi connectivity index (χ0) is 25.2. The Hall–Kier alpha value is -4.44. The van der Waals surface area contributed by atoms with E-state index in [-0.39, 0.29) is 18.0 Å². The maximum absolute atomic E-state index is 12.9. The topological polar surface area (TPSA) is 109 Å². The Balaban J connectivity index is 1.39. The number of nitro benzene ring substituents is 1. The lowest BCUT2D eigenvalue weighted by atomic mass is 10.1. The summed E-state index contributed by atoms with van der Waals surface area (Å²) in [5.74, 6) is 1.21. The van der Waals surface area contributed by atoms with E-state index in [2.05, 4.69) is 14.9 Å². The number of anilines is 1. The van der Waals surface area contributed by atoms with Gasteiger partial charge in [0.25, 0.3) is 5.69 Å². The first-order valence-electron chi connectivity index (χ1n) is 11.1. The molecule has 2 aromatic heterocycles. The third kappa shape index (κ3) is 4.71. The van der Waals surface area contributed by atoms with Crippen molar-refractivity contribution in [3.63, 3.8) is 0 Å². The fourth-order valence-electron chi connectivity index (χ4n) is 4.17. The van der Waals surface area contributed by atoms with Crippen LogP contribution in [-0.2, 0) is 17.8 Å². The molecule has 3 aromatic carbocycles. The Labute approximate surface area is 210 Å². The molecule has 5 aromatic rings. The Morgan fingerprint density at radius 1 is 1.08 bits per heavy atom. The number of hydrogen-bond donors (Lipinski definition) is 1. The number of ether oxygens (including phenoxy) is 2. The van der Waals surface area contributed by atoms with E-state index in [1.165, 1.54) is 23.5 Å². The van der Waals surface area contributed by atoms with Gasteiger partial charge in [-0.15, -0.1) is 0 Å². The normalized spacial score (nSPS) is 11.1. The van der Waals surface area contributed by atoms with Gasteiger partial charge in [0.05, 0.1) is 35.8 Å². The quantitative estimate of drug-likeness (QED) is 0.225. The number of nitrogens with one attached hydrogen (secondary N) is 1. The molecule has 182 valence electrons. The zero-order valence-corrected chi connectivity index (χ0v) is 20.4. The lowest BCUT2D eigenvalue weighted by Gasteiger charge is -2.10. The first-order chi connectivity index (χ1) is 17.4. The number of nitrogens with zero attached hydrogens (tertiary/aromatic N) is 3. The van der Waals surface area contributed by atoms with Crippen molar-refractivity contribution in [3.8, 4) is 11.5 Å². The minimum Gasteiger partial charge on any atom is -0.497 e. The molecule has 2 heterocycles. The number of para-hydroxylation sites is 1. The van der Waals surface area contributed by atoms with Crippen molar-refractivity contribution in [2.45, 2.75) is 13.0 Å². The summed E-state index contributed by atoms with van der Waals surface area (Å²) >= 11 is 1.21. The molecule has 0 saturated carbocycles. The van der Waals surface area contributed by atoms with Crippen molar-refractivity contribution in [1.82, 2.24) is 9.55 Å². The third-order valence-corrected chi connectivity index (χ3v) is 6.75. The predicted molar refractivity (Wildman–Crippen MR) is 139 cm³/mol.